The van der Waals surface area contributed by atoms with Crippen LogP contribution in [0, 0.1) is 0 Å². The fourth-order valence-corrected chi connectivity index (χ4v) is 2.17. The van der Waals surface area contributed by atoms with E-state index in [1.165, 1.54) is 0 Å². The number of ether oxygens (including phenoxy) is 1. The molecule has 0 bridgehead atoms. The molecule has 0 aliphatic carbocycles. The summed E-state index contributed by atoms with van der Waals surface area (Å²) in [5, 5.41) is 18.7. The molecule has 0 saturated carbocycles. The molecule has 1 atom stereocenters. The molecule has 0 heterocycles. The van der Waals surface area contributed by atoms with Gasteiger partial charge >= 0.3 is 5.97 Å². The molecule has 2 aromatic carbocycles. The lowest BCUT2D eigenvalue weighted by atomic mass is 10.0. The maximum absolute atomic E-state index is 10.7. The van der Waals surface area contributed by atoms with Gasteiger partial charge in [-0.2, -0.15) is 0 Å². The van der Waals surface area contributed by atoms with E-state index in [4.69, 9.17) is 9.84 Å². The van der Waals surface area contributed by atoms with Crippen molar-refractivity contribution in [3.05, 3.63) is 66.7 Å². The first-order chi connectivity index (χ1) is 11.1. The molecule has 4 heteroatoms. The molecule has 0 saturated heterocycles. The number of carboxylic acid groups (broad SMARTS) is 1. The van der Waals surface area contributed by atoms with Crippen LogP contribution in [0.3, 0.4) is 0 Å². The van der Waals surface area contributed by atoms with Gasteiger partial charge in [-0.3, -0.25) is 0 Å². The highest BCUT2D eigenvalue weighted by Crippen LogP contribution is 2.29. The van der Waals surface area contributed by atoms with E-state index >= 15 is 0 Å². The Morgan fingerprint density at radius 1 is 1.09 bits per heavy atom. The minimum atomic E-state index is -1.03. The van der Waals surface area contributed by atoms with Crippen LogP contribution in [0.4, 0.5) is 0 Å². The molecular formula is C19H20O4. The zero-order chi connectivity index (χ0) is 16.7. The zero-order valence-electron chi connectivity index (χ0n) is 12.8. The minimum absolute atomic E-state index is 0.0914. The molecule has 4 nitrogen and oxygen atoms in total. The molecule has 0 aromatic heterocycles. The number of aliphatic carboxylic acids is 1. The average Bonchev–Trinajstić information content (AvgIpc) is 2.58. The summed E-state index contributed by atoms with van der Waals surface area (Å²) < 4.78 is 5.72. The van der Waals surface area contributed by atoms with Crippen molar-refractivity contribution in [2.75, 3.05) is 6.61 Å². The van der Waals surface area contributed by atoms with Crippen molar-refractivity contribution in [2.24, 2.45) is 0 Å². The highest BCUT2D eigenvalue weighted by atomic mass is 16.5. The van der Waals surface area contributed by atoms with E-state index in [-0.39, 0.29) is 18.6 Å². The van der Waals surface area contributed by atoms with Crippen molar-refractivity contribution < 1.29 is 19.7 Å². The maximum Gasteiger partial charge on any atom is 0.330 e. The largest absolute Gasteiger partial charge is 0.490 e. The fraction of sp³-hybridized carbons (Fsp3) is 0.211. The molecule has 0 amide bonds. The van der Waals surface area contributed by atoms with Crippen LogP contribution in [0.5, 0.6) is 5.75 Å². The fourth-order valence-electron chi connectivity index (χ4n) is 2.17. The number of benzene rings is 2. The zero-order valence-corrected chi connectivity index (χ0v) is 12.8. The van der Waals surface area contributed by atoms with Crippen molar-refractivity contribution in [2.45, 2.75) is 18.9 Å². The first-order valence-electron chi connectivity index (χ1n) is 7.44. The van der Waals surface area contributed by atoms with Crippen LogP contribution < -0.4 is 4.74 Å². The van der Waals surface area contributed by atoms with E-state index < -0.39 is 12.1 Å². The molecule has 0 radical (unpaired) electrons. The number of rotatable bonds is 8. The third-order valence-electron chi connectivity index (χ3n) is 3.48. The second-order valence-corrected chi connectivity index (χ2v) is 5.27. The Balaban J connectivity index is 1.96. The van der Waals surface area contributed by atoms with Crippen LogP contribution in [-0.4, -0.2) is 28.9 Å². The predicted octanol–water partition coefficient (Wildman–Crippen LogP) is 3.51. The van der Waals surface area contributed by atoms with Crippen molar-refractivity contribution in [3.8, 4) is 16.9 Å². The molecule has 1 unspecified atom stereocenters. The summed E-state index contributed by atoms with van der Waals surface area (Å²) in [4.78, 5) is 10.7. The Bertz CT molecular complexity index is 664. The van der Waals surface area contributed by atoms with E-state index in [1.807, 2.05) is 54.6 Å². The number of hydrogen-bond donors (Lipinski definition) is 2. The van der Waals surface area contributed by atoms with Crippen molar-refractivity contribution >= 4 is 5.97 Å². The van der Waals surface area contributed by atoms with Crippen LogP contribution in [0.2, 0.25) is 0 Å². The lowest BCUT2D eigenvalue weighted by Crippen LogP contribution is -2.18. The Kier molecular flexibility index (Phi) is 5.94. The predicted molar refractivity (Wildman–Crippen MR) is 89.4 cm³/mol. The van der Waals surface area contributed by atoms with Crippen molar-refractivity contribution in [1.82, 2.24) is 0 Å². The van der Waals surface area contributed by atoms with E-state index in [0.717, 1.165) is 11.1 Å². The van der Waals surface area contributed by atoms with E-state index in [9.17, 15) is 9.90 Å². The number of para-hydroxylation sites is 1. The molecule has 0 fully saturated rings. The molecule has 2 aromatic rings. The number of carboxylic acids is 1. The Morgan fingerprint density at radius 2 is 1.74 bits per heavy atom. The first-order valence-corrected chi connectivity index (χ1v) is 7.44. The van der Waals surface area contributed by atoms with Gasteiger partial charge in [0.2, 0.25) is 0 Å². The normalized spacial score (nSPS) is 11.7. The molecule has 2 N–H and O–H groups in total. The summed E-state index contributed by atoms with van der Waals surface area (Å²) >= 11 is 0. The summed E-state index contributed by atoms with van der Waals surface area (Å²) in [5.41, 5.74) is 2.08. The third-order valence-corrected chi connectivity index (χ3v) is 3.48. The molecular weight excluding hydrogens is 292 g/mol. The molecule has 120 valence electrons. The van der Waals surface area contributed by atoms with E-state index in [2.05, 4.69) is 6.58 Å². The summed E-state index contributed by atoms with van der Waals surface area (Å²) in [6.07, 6.45) is -0.200. The van der Waals surface area contributed by atoms with Crippen LogP contribution in [0.1, 0.15) is 12.8 Å². The Labute approximate surface area is 135 Å². The second-order valence-electron chi connectivity index (χ2n) is 5.27. The summed E-state index contributed by atoms with van der Waals surface area (Å²) in [6.45, 7) is 3.55. The quantitative estimate of drug-likeness (QED) is 0.732. The Hall–Kier alpha value is -2.59. The van der Waals surface area contributed by atoms with Crippen LogP contribution in [0.25, 0.3) is 11.1 Å². The van der Waals surface area contributed by atoms with Gasteiger partial charge in [0, 0.05) is 11.1 Å². The SMILES string of the molecule is C=C(CCC(O)COc1ccccc1-c1ccccc1)C(=O)O. The van der Waals surface area contributed by atoms with E-state index in [0.29, 0.717) is 12.2 Å². The van der Waals surface area contributed by atoms with Crippen molar-refractivity contribution in [3.63, 3.8) is 0 Å². The first kappa shape index (κ1) is 16.8. The molecule has 0 spiro atoms. The topological polar surface area (TPSA) is 66.8 Å². The van der Waals surface area contributed by atoms with Gasteiger partial charge in [-0.05, 0) is 24.5 Å². The number of aliphatic hydroxyl groups excluding tert-OH is 1. The summed E-state index contributed by atoms with van der Waals surface area (Å²) in [6, 6.07) is 17.5. The Morgan fingerprint density at radius 3 is 2.43 bits per heavy atom. The van der Waals surface area contributed by atoms with Gasteiger partial charge in [0.1, 0.15) is 12.4 Å². The molecule has 2 rings (SSSR count). The smallest absolute Gasteiger partial charge is 0.330 e. The lowest BCUT2D eigenvalue weighted by Gasteiger charge is -2.15. The van der Waals surface area contributed by atoms with Crippen LogP contribution in [-0.2, 0) is 4.79 Å². The highest BCUT2D eigenvalue weighted by molar-refractivity contribution is 5.85. The van der Waals surface area contributed by atoms with Crippen LogP contribution >= 0.6 is 0 Å². The third kappa shape index (κ3) is 4.97. The summed E-state index contributed by atoms with van der Waals surface area (Å²) in [5.74, 6) is -0.345. The van der Waals surface area contributed by atoms with Gasteiger partial charge in [-0.25, -0.2) is 4.79 Å². The van der Waals surface area contributed by atoms with Gasteiger partial charge in [0.05, 0.1) is 6.10 Å². The van der Waals surface area contributed by atoms with Crippen LogP contribution in [0.15, 0.2) is 66.7 Å². The minimum Gasteiger partial charge on any atom is -0.490 e. The van der Waals surface area contributed by atoms with Gasteiger partial charge < -0.3 is 14.9 Å². The van der Waals surface area contributed by atoms with Gasteiger partial charge in [-0.1, -0.05) is 55.1 Å². The second kappa shape index (κ2) is 8.15. The number of carbonyl (C=O) groups is 1. The summed E-state index contributed by atoms with van der Waals surface area (Å²) in [7, 11) is 0. The van der Waals surface area contributed by atoms with Gasteiger partial charge in [0.25, 0.3) is 0 Å². The average molecular weight is 312 g/mol. The van der Waals surface area contributed by atoms with Gasteiger partial charge in [0.15, 0.2) is 0 Å². The number of hydrogen-bond acceptors (Lipinski definition) is 3. The highest BCUT2D eigenvalue weighted by Gasteiger charge is 2.11. The lowest BCUT2D eigenvalue weighted by molar-refractivity contribution is -0.132. The molecule has 23 heavy (non-hydrogen) atoms. The van der Waals surface area contributed by atoms with E-state index in [1.54, 1.807) is 0 Å². The maximum atomic E-state index is 10.7. The van der Waals surface area contributed by atoms with Gasteiger partial charge in [-0.15, -0.1) is 0 Å². The molecule has 0 aliphatic heterocycles. The standard InChI is InChI=1S/C19H20O4/c1-14(19(21)22)11-12-16(20)13-23-18-10-6-5-9-17(18)15-7-3-2-4-8-15/h2-10,16,20H,1,11-13H2,(H,21,22). The monoisotopic (exact) mass is 312 g/mol. The molecule has 0 aliphatic rings. The number of aliphatic hydroxyl groups is 1. The van der Waals surface area contributed by atoms with Crippen molar-refractivity contribution in [1.29, 1.82) is 0 Å².